The molecule has 0 radical (unpaired) electrons. The van der Waals surface area contributed by atoms with Crippen LogP contribution in [0.5, 0.6) is 0 Å². The topological polar surface area (TPSA) is 435 Å². The number of carbonyl (C=O) groups excluding carboxylic acids is 3. The summed E-state index contributed by atoms with van der Waals surface area (Å²) in [5.74, 6) is -5.77. The number of nitrogens with two attached hydrogens (primary N) is 2. The fourth-order valence-electron chi connectivity index (χ4n) is 7.76. The third-order valence-corrected chi connectivity index (χ3v) is 11.8. The van der Waals surface area contributed by atoms with E-state index in [4.69, 9.17) is 30.4 Å². The number of aromatic nitrogens is 2. The molecule has 0 aliphatic carbocycles. The Bertz CT molecular complexity index is 2010. The highest BCUT2D eigenvalue weighted by atomic mass is 16.7. The second-order valence-corrected chi connectivity index (χ2v) is 16.8. The van der Waals surface area contributed by atoms with Crippen LogP contribution in [0.1, 0.15) is 53.2 Å². The van der Waals surface area contributed by atoms with Crippen LogP contribution in [0, 0.1) is 11.8 Å². The van der Waals surface area contributed by atoms with E-state index in [9.17, 15) is 64.2 Å². The van der Waals surface area contributed by atoms with Crippen molar-refractivity contribution in [2.45, 2.75) is 139 Å². The zero-order chi connectivity index (χ0) is 49.9. The predicted octanol–water partition coefficient (Wildman–Crippen LogP) is -6.51. The molecule has 4 amide bonds. The molecule has 16 atom stereocenters. The van der Waals surface area contributed by atoms with Crippen molar-refractivity contribution in [2.24, 2.45) is 28.3 Å². The molecule has 11 unspecified atom stereocenters. The van der Waals surface area contributed by atoms with E-state index in [1.165, 1.54) is 7.11 Å². The van der Waals surface area contributed by atoms with E-state index in [2.05, 4.69) is 36.9 Å². The van der Waals surface area contributed by atoms with Crippen LogP contribution in [0.2, 0.25) is 0 Å². The van der Waals surface area contributed by atoms with E-state index in [0.717, 1.165) is 16.8 Å². The van der Waals surface area contributed by atoms with Gasteiger partial charge >= 0.3 is 23.7 Å². The van der Waals surface area contributed by atoms with Crippen molar-refractivity contribution < 1.29 is 73.6 Å². The van der Waals surface area contributed by atoms with Crippen LogP contribution in [0.3, 0.4) is 0 Å². The maximum Gasteiger partial charge on any atom is 0.330 e. The second-order valence-electron chi connectivity index (χ2n) is 16.8. The Kier molecular flexibility index (Phi) is 20.0. The molecule has 378 valence electrons. The van der Waals surface area contributed by atoms with Gasteiger partial charge in [-0.15, -0.1) is 0 Å². The minimum atomic E-state index is -1.91. The number of ether oxygens (including phenoxy) is 4. The highest BCUT2D eigenvalue weighted by molar-refractivity contribution is 5.94. The van der Waals surface area contributed by atoms with Crippen molar-refractivity contribution in [1.82, 2.24) is 41.5 Å². The maximum absolute atomic E-state index is 13.9. The van der Waals surface area contributed by atoms with Gasteiger partial charge in [-0.2, -0.15) is 0 Å². The third kappa shape index (κ3) is 13.7. The Labute approximate surface area is 383 Å². The molecule has 1 aromatic heterocycles. The summed E-state index contributed by atoms with van der Waals surface area (Å²) >= 11 is 0. The van der Waals surface area contributed by atoms with Gasteiger partial charge in [-0.3, -0.25) is 33.7 Å². The Hall–Kier alpha value is -5.30. The lowest BCUT2D eigenvalue weighted by atomic mass is 9.97. The van der Waals surface area contributed by atoms with E-state index in [1.807, 2.05) is 4.98 Å². The van der Waals surface area contributed by atoms with E-state index in [-0.39, 0.29) is 45.0 Å². The predicted molar refractivity (Wildman–Crippen MR) is 231 cm³/mol. The summed E-state index contributed by atoms with van der Waals surface area (Å²) in [6, 6.07) is -7.09. The number of aliphatic carboxylic acids is 2. The van der Waals surface area contributed by atoms with Crippen molar-refractivity contribution in [3.8, 4) is 0 Å². The average molecular weight is 960 g/mol. The first-order valence-electron chi connectivity index (χ1n) is 21.8. The molecule has 3 aliphatic heterocycles. The minimum absolute atomic E-state index is 0.0166. The highest BCUT2D eigenvalue weighted by Gasteiger charge is 2.54. The van der Waals surface area contributed by atoms with Gasteiger partial charge in [0.15, 0.2) is 18.5 Å². The van der Waals surface area contributed by atoms with Gasteiger partial charge in [0.2, 0.25) is 11.8 Å². The van der Waals surface area contributed by atoms with Gasteiger partial charge in [0.1, 0.15) is 66.9 Å². The van der Waals surface area contributed by atoms with Crippen molar-refractivity contribution >= 4 is 35.7 Å². The monoisotopic (exact) mass is 959 g/mol. The third-order valence-electron chi connectivity index (χ3n) is 11.8. The molecular weight excluding hydrogens is 894 g/mol. The lowest BCUT2D eigenvalue weighted by Gasteiger charge is -2.34. The molecule has 3 aliphatic rings. The fourth-order valence-corrected chi connectivity index (χ4v) is 7.76. The lowest BCUT2D eigenvalue weighted by molar-refractivity contribution is -0.231. The number of guanidine groups is 1. The number of nitrogens with zero attached hydrogens (tertiary/aromatic N) is 2. The van der Waals surface area contributed by atoms with Gasteiger partial charge in [-0.1, -0.05) is 34.1 Å². The first kappa shape index (κ1) is 54.3. The van der Waals surface area contributed by atoms with Gasteiger partial charge in [0, 0.05) is 39.0 Å². The van der Waals surface area contributed by atoms with Crippen LogP contribution in [0.4, 0.5) is 4.79 Å². The number of aliphatic hydroxyl groups is 4. The zero-order valence-corrected chi connectivity index (χ0v) is 37.6. The normalized spacial score (nSPS) is 28.2. The minimum Gasteiger partial charge on any atom is -0.480 e. The van der Waals surface area contributed by atoms with Crippen LogP contribution >= 0.6 is 0 Å². The van der Waals surface area contributed by atoms with Crippen molar-refractivity contribution in [2.75, 3.05) is 33.3 Å². The molecule has 0 spiro atoms. The van der Waals surface area contributed by atoms with Crippen LogP contribution in [-0.2, 0) is 38.1 Å². The molecule has 2 saturated heterocycles. The maximum atomic E-state index is 13.9. The first-order chi connectivity index (χ1) is 31.6. The largest absolute Gasteiger partial charge is 0.480 e. The number of carbonyl (C=O) groups is 5. The number of H-pyrrole nitrogens is 1. The molecule has 28 nitrogen and oxygen atoms in total. The first-order valence-corrected chi connectivity index (χ1v) is 21.8. The number of aromatic amines is 1. The number of nitrogens with one attached hydrogen (secondary N) is 7. The lowest BCUT2D eigenvalue weighted by Crippen LogP contribution is -2.66. The Balaban J connectivity index is 1.50. The number of rotatable bonds is 24. The van der Waals surface area contributed by atoms with Crippen molar-refractivity contribution in [3.05, 3.63) is 33.1 Å². The summed E-state index contributed by atoms with van der Waals surface area (Å²) in [5.41, 5.74) is 9.82. The van der Waals surface area contributed by atoms with E-state index in [1.54, 1.807) is 27.7 Å². The Morgan fingerprint density at radius 1 is 0.955 bits per heavy atom. The highest BCUT2D eigenvalue weighted by Crippen LogP contribution is 2.35. The van der Waals surface area contributed by atoms with Crippen LogP contribution < -0.4 is 54.6 Å². The van der Waals surface area contributed by atoms with Gasteiger partial charge < -0.3 is 93.0 Å². The molecule has 4 rings (SSSR count). The summed E-state index contributed by atoms with van der Waals surface area (Å²) in [7, 11) is 1.23. The summed E-state index contributed by atoms with van der Waals surface area (Å²) in [6.07, 6.45) is -13.9. The Morgan fingerprint density at radius 3 is 2.22 bits per heavy atom. The number of hydrogen-bond acceptors (Lipinski definition) is 20. The number of urea groups is 1. The molecule has 17 N–H and O–H groups in total. The molecule has 0 saturated carbocycles. The van der Waals surface area contributed by atoms with Crippen molar-refractivity contribution in [3.63, 3.8) is 0 Å². The SMILES string of the molecule is CCC(C)C(NC(=O)NC(C(=O)NC(C(=O)NCCCNC(C(=O)O)C(O[C@@H]1O[C@H](CN)[C@@H](O)[C@H]1OC)C1O[C@@H](n2ccc(=O)[nH]c2=O)C(O)C1O)C(O)C(C)C)C1CCN=C(N)N1)C(=O)O. The standard InChI is InChI=1S/C39H65N11O17/c1-6-16(4)20(34(58)59)48-38(62)49-21(17-8-12-44-37(41)45-17)32(57)47-22(24(52)15(2)3)31(56)43-11-7-10-42-23(35(60)61)28(67-36-30(64-5)25(53)18(14-40)65-36)29-26(54)27(55)33(66-29)50-13-9-19(51)46-39(50)63/h9,13,15-18,20-30,33,36,42,52-55H,6-8,10-12,14,40H2,1-5H3,(H,43,56)(H,47,57)(H,58,59)(H,60,61)(H3,41,44,45)(H,46,51,63)(H2,48,49,62)/t16?,17?,18-,20?,21?,22?,23?,24?,25-,26?,27?,28?,29?,30-,33-,36+/m1/s1. The van der Waals surface area contributed by atoms with Crippen molar-refractivity contribution in [1.29, 1.82) is 0 Å². The van der Waals surface area contributed by atoms with Gasteiger partial charge in [0.05, 0.1) is 12.1 Å². The number of hydrogen-bond donors (Lipinski definition) is 15. The number of aliphatic hydroxyl groups excluding tert-OH is 4. The molecule has 0 aromatic carbocycles. The van der Waals surface area contributed by atoms with Crippen LogP contribution in [0.15, 0.2) is 26.8 Å². The molecule has 2 fully saturated rings. The fraction of sp³-hybridized carbons (Fsp3) is 0.744. The Morgan fingerprint density at radius 2 is 1.64 bits per heavy atom. The number of aliphatic imine (C=N–C) groups is 1. The number of carboxylic acid groups (broad SMARTS) is 2. The van der Waals surface area contributed by atoms with Gasteiger partial charge in [-0.05, 0) is 31.2 Å². The quantitative estimate of drug-likeness (QED) is 0.0428. The molecular formula is C39H65N11O17. The number of methoxy groups -OCH3 is 1. The summed E-state index contributed by atoms with van der Waals surface area (Å²) < 4.78 is 23.8. The molecule has 28 heteroatoms. The molecule has 1 aromatic rings. The summed E-state index contributed by atoms with van der Waals surface area (Å²) in [4.78, 5) is 96.0. The van der Waals surface area contributed by atoms with E-state index in [0.29, 0.717) is 6.42 Å². The smallest absolute Gasteiger partial charge is 0.330 e. The summed E-state index contributed by atoms with van der Waals surface area (Å²) in [6.45, 7) is 6.12. The molecule has 4 heterocycles. The van der Waals surface area contributed by atoms with Crippen LogP contribution in [-0.4, -0.2) is 195 Å². The molecule has 0 bridgehead atoms. The second kappa shape index (κ2) is 24.6. The summed E-state index contributed by atoms with van der Waals surface area (Å²) in [5, 5.41) is 79.8. The van der Waals surface area contributed by atoms with Gasteiger partial charge in [-0.25, -0.2) is 14.4 Å². The molecule has 67 heavy (non-hydrogen) atoms. The van der Waals surface area contributed by atoms with Gasteiger partial charge in [0.25, 0.3) is 5.56 Å². The average Bonchev–Trinajstić information content (AvgIpc) is 3.75. The van der Waals surface area contributed by atoms with E-state index < -0.39 is 144 Å². The zero-order valence-electron chi connectivity index (χ0n) is 37.6. The van der Waals surface area contributed by atoms with Crippen LogP contribution in [0.25, 0.3) is 0 Å². The number of amides is 4. The number of carboxylic acids is 2. The van der Waals surface area contributed by atoms with E-state index >= 15 is 0 Å².